The van der Waals surface area contributed by atoms with Gasteiger partial charge in [-0.05, 0) is 42.0 Å². The molecule has 1 unspecified atom stereocenters. The standard InChI is InChI=1S/C11H11ClN4O2/c1-6-3-4-8(12)5-9(6)10-13-14-15-16(10)7(2)11(17)18/h3-5,7H,1-2H3,(H,17,18). The molecule has 1 atom stereocenters. The van der Waals surface area contributed by atoms with E-state index in [9.17, 15) is 4.79 Å². The molecule has 0 radical (unpaired) electrons. The van der Waals surface area contributed by atoms with Crippen molar-refractivity contribution in [2.45, 2.75) is 19.9 Å². The van der Waals surface area contributed by atoms with Crippen LogP contribution >= 0.6 is 11.6 Å². The van der Waals surface area contributed by atoms with Crippen LogP contribution in [0.1, 0.15) is 18.5 Å². The number of benzene rings is 1. The average Bonchev–Trinajstić information content (AvgIpc) is 2.80. The van der Waals surface area contributed by atoms with E-state index in [2.05, 4.69) is 15.5 Å². The molecule has 0 saturated carbocycles. The first-order valence-corrected chi connectivity index (χ1v) is 5.65. The number of carboxylic acid groups (broad SMARTS) is 1. The molecule has 94 valence electrons. The molecule has 1 heterocycles. The molecule has 7 heteroatoms. The number of hydrogen-bond donors (Lipinski definition) is 1. The van der Waals surface area contributed by atoms with Crippen LogP contribution in [0, 0.1) is 6.92 Å². The highest BCUT2D eigenvalue weighted by atomic mass is 35.5. The highest BCUT2D eigenvalue weighted by Crippen LogP contribution is 2.25. The van der Waals surface area contributed by atoms with Crippen molar-refractivity contribution in [2.24, 2.45) is 0 Å². The SMILES string of the molecule is Cc1ccc(Cl)cc1-c1nnnn1C(C)C(=O)O. The van der Waals surface area contributed by atoms with Crippen molar-refractivity contribution in [1.29, 1.82) is 0 Å². The lowest BCUT2D eigenvalue weighted by molar-refractivity contribution is -0.140. The number of halogens is 1. The summed E-state index contributed by atoms with van der Waals surface area (Å²) in [5.74, 6) is -0.604. The molecule has 0 aliphatic rings. The monoisotopic (exact) mass is 266 g/mol. The van der Waals surface area contributed by atoms with Crippen molar-refractivity contribution in [3.63, 3.8) is 0 Å². The fourth-order valence-corrected chi connectivity index (χ4v) is 1.74. The van der Waals surface area contributed by atoms with Gasteiger partial charge < -0.3 is 5.11 Å². The molecule has 0 bridgehead atoms. The summed E-state index contributed by atoms with van der Waals surface area (Å²) in [4.78, 5) is 11.0. The number of aliphatic carboxylic acids is 1. The van der Waals surface area contributed by atoms with Crippen LogP contribution in [0.2, 0.25) is 5.02 Å². The van der Waals surface area contributed by atoms with Crippen LogP contribution in [-0.2, 0) is 4.79 Å². The molecule has 0 amide bonds. The van der Waals surface area contributed by atoms with Crippen LogP contribution in [0.5, 0.6) is 0 Å². The topological polar surface area (TPSA) is 80.9 Å². The predicted octanol–water partition coefficient (Wildman–Crippen LogP) is 1.95. The Kier molecular flexibility index (Phi) is 3.29. The molecule has 0 aliphatic heterocycles. The van der Waals surface area contributed by atoms with Crippen LogP contribution in [-0.4, -0.2) is 31.3 Å². The smallest absolute Gasteiger partial charge is 0.328 e. The van der Waals surface area contributed by atoms with E-state index >= 15 is 0 Å². The van der Waals surface area contributed by atoms with E-state index in [0.29, 0.717) is 10.8 Å². The van der Waals surface area contributed by atoms with E-state index in [1.807, 2.05) is 13.0 Å². The average molecular weight is 267 g/mol. The minimum Gasteiger partial charge on any atom is -0.480 e. The zero-order valence-corrected chi connectivity index (χ0v) is 10.6. The molecule has 0 aliphatic carbocycles. The lowest BCUT2D eigenvalue weighted by Gasteiger charge is -2.10. The third-order valence-electron chi connectivity index (χ3n) is 2.66. The Hall–Kier alpha value is -1.95. The summed E-state index contributed by atoms with van der Waals surface area (Å²) in [7, 11) is 0. The zero-order valence-electron chi connectivity index (χ0n) is 9.83. The van der Waals surface area contributed by atoms with Crippen molar-refractivity contribution in [1.82, 2.24) is 20.2 Å². The maximum absolute atomic E-state index is 11.0. The zero-order chi connectivity index (χ0) is 13.3. The van der Waals surface area contributed by atoms with Crippen molar-refractivity contribution < 1.29 is 9.90 Å². The number of tetrazole rings is 1. The van der Waals surface area contributed by atoms with Gasteiger partial charge in [0.25, 0.3) is 0 Å². The first-order chi connectivity index (χ1) is 8.50. The second-order valence-electron chi connectivity index (χ2n) is 3.92. The Balaban J connectivity index is 2.55. The number of aryl methyl sites for hydroxylation is 1. The second kappa shape index (κ2) is 4.73. The quantitative estimate of drug-likeness (QED) is 0.918. The number of hydrogen-bond acceptors (Lipinski definition) is 4. The van der Waals surface area contributed by atoms with E-state index in [-0.39, 0.29) is 0 Å². The predicted molar refractivity (Wildman–Crippen MR) is 65.3 cm³/mol. The van der Waals surface area contributed by atoms with E-state index in [0.717, 1.165) is 11.1 Å². The third-order valence-corrected chi connectivity index (χ3v) is 2.89. The van der Waals surface area contributed by atoms with Gasteiger partial charge in [-0.3, -0.25) is 0 Å². The van der Waals surface area contributed by atoms with Gasteiger partial charge in [-0.15, -0.1) is 5.10 Å². The van der Waals surface area contributed by atoms with E-state index in [1.165, 1.54) is 11.6 Å². The van der Waals surface area contributed by atoms with Gasteiger partial charge in [-0.25, -0.2) is 9.48 Å². The summed E-state index contributed by atoms with van der Waals surface area (Å²) in [6.45, 7) is 3.40. The maximum Gasteiger partial charge on any atom is 0.328 e. The van der Waals surface area contributed by atoms with Gasteiger partial charge in [0.2, 0.25) is 0 Å². The molecule has 1 aromatic carbocycles. The first kappa shape index (κ1) is 12.5. The molecule has 1 N–H and O–H groups in total. The number of nitrogens with zero attached hydrogens (tertiary/aromatic N) is 4. The number of carbonyl (C=O) groups is 1. The molecule has 6 nitrogen and oxygen atoms in total. The lowest BCUT2D eigenvalue weighted by atomic mass is 10.1. The van der Waals surface area contributed by atoms with E-state index in [1.54, 1.807) is 12.1 Å². The van der Waals surface area contributed by atoms with E-state index < -0.39 is 12.0 Å². The summed E-state index contributed by atoms with van der Waals surface area (Å²) >= 11 is 5.93. The normalized spacial score (nSPS) is 12.4. The van der Waals surface area contributed by atoms with Gasteiger partial charge in [0, 0.05) is 10.6 Å². The van der Waals surface area contributed by atoms with Gasteiger partial charge in [-0.2, -0.15) is 0 Å². The molecular formula is C11H11ClN4O2. The summed E-state index contributed by atoms with van der Waals surface area (Å²) < 4.78 is 1.26. The minimum atomic E-state index is -0.997. The summed E-state index contributed by atoms with van der Waals surface area (Å²) in [5, 5.41) is 20.7. The fraction of sp³-hybridized carbons (Fsp3) is 0.273. The molecule has 1 aromatic heterocycles. The van der Waals surface area contributed by atoms with Crippen molar-refractivity contribution in [3.8, 4) is 11.4 Å². The molecule has 2 rings (SSSR count). The highest BCUT2D eigenvalue weighted by Gasteiger charge is 2.21. The van der Waals surface area contributed by atoms with Crippen LogP contribution in [0.15, 0.2) is 18.2 Å². The number of carboxylic acids is 1. The van der Waals surface area contributed by atoms with Crippen LogP contribution in [0.25, 0.3) is 11.4 Å². The largest absolute Gasteiger partial charge is 0.480 e. The molecule has 0 spiro atoms. The van der Waals surface area contributed by atoms with Gasteiger partial charge in [-0.1, -0.05) is 17.7 Å². The third kappa shape index (κ3) is 2.19. The Morgan fingerprint density at radius 2 is 2.22 bits per heavy atom. The summed E-state index contributed by atoms with van der Waals surface area (Å²) in [6, 6.07) is 4.47. The molecular weight excluding hydrogens is 256 g/mol. The summed E-state index contributed by atoms with van der Waals surface area (Å²) in [6.07, 6.45) is 0. The molecule has 18 heavy (non-hydrogen) atoms. The van der Waals surface area contributed by atoms with Crippen LogP contribution < -0.4 is 0 Å². The van der Waals surface area contributed by atoms with Crippen LogP contribution in [0.3, 0.4) is 0 Å². The summed E-state index contributed by atoms with van der Waals surface area (Å²) in [5.41, 5.74) is 1.65. The number of rotatable bonds is 3. The van der Waals surface area contributed by atoms with Gasteiger partial charge in [0.05, 0.1) is 0 Å². The van der Waals surface area contributed by atoms with Crippen molar-refractivity contribution >= 4 is 17.6 Å². The van der Waals surface area contributed by atoms with Crippen molar-refractivity contribution in [3.05, 3.63) is 28.8 Å². The Labute approximate surface area is 108 Å². The Morgan fingerprint density at radius 1 is 1.50 bits per heavy atom. The van der Waals surface area contributed by atoms with Gasteiger partial charge in [0.15, 0.2) is 11.9 Å². The highest BCUT2D eigenvalue weighted by molar-refractivity contribution is 6.30. The Morgan fingerprint density at radius 3 is 2.89 bits per heavy atom. The first-order valence-electron chi connectivity index (χ1n) is 5.28. The fourth-order valence-electron chi connectivity index (χ4n) is 1.57. The van der Waals surface area contributed by atoms with E-state index in [4.69, 9.17) is 16.7 Å². The van der Waals surface area contributed by atoms with Crippen LogP contribution in [0.4, 0.5) is 0 Å². The molecule has 0 saturated heterocycles. The maximum atomic E-state index is 11.0. The lowest BCUT2D eigenvalue weighted by Crippen LogP contribution is -2.18. The Bertz CT molecular complexity index is 596. The molecule has 2 aromatic rings. The van der Waals surface area contributed by atoms with Gasteiger partial charge >= 0.3 is 5.97 Å². The second-order valence-corrected chi connectivity index (χ2v) is 4.36. The van der Waals surface area contributed by atoms with Crippen molar-refractivity contribution in [2.75, 3.05) is 0 Å². The van der Waals surface area contributed by atoms with Gasteiger partial charge in [0.1, 0.15) is 0 Å². The minimum absolute atomic E-state index is 0.393. The number of aromatic nitrogens is 4. The molecule has 0 fully saturated rings.